The zero-order valence-electron chi connectivity index (χ0n) is 20.3. The molecule has 0 bridgehead atoms. The number of hydrogen-bond donors (Lipinski definition) is 1. The van der Waals surface area contributed by atoms with Crippen molar-refractivity contribution < 1.29 is 40.1 Å². The molecule has 0 aromatic heterocycles. The Morgan fingerprint density at radius 2 is 1.47 bits per heavy atom. The topological polar surface area (TPSA) is 55.4 Å². The summed E-state index contributed by atoms with van der Waals surface area (Å²) in [6.45, 7) is 5.99. The Kier molecular flexibility index (Phi) is 9.39. The average molecular weight is 538 g/mol. The third-order valence-electron chi connectivity index (χ3n) is 5.33. The Balaban J connectivity index is 2.43. The molecule has 4 nitrogen and oxygen atoms in total. The number of hydrogen-bond acceptors (Lipinski definition) is 3. The number of carbonyl (C=O) groups excluding carboxylic acids is 1. The van der Waals surface area contributed by atoms with Gasteiger partial charge in [-0.2, -0.15) is 26.3 Å². The summed E-state index contributed by atoms with van der Waals surface area (Å²) >= 11 is 0. The monoisotopic (exact) mass is 537 g/mol. The Hall–Kier alpha value is -2.40. The minimum Gasteiger partial charge on any atom is -0.494 e. The summed E-state index contributed by atoms with van der Waals surface area (Å²) in [5.74, 6) is -0.739. The summed E-state index contributed by atoms with van der Waals surface area (Å²) in [5.41, 5.74) is -2.48. The van der Waals surface area contributed by atoms with Crippen LogP contribution in [0.5, 0.6) is 5.75 Å². The summed E-state index contributed by atoms with van der Waals surface area (Å²) in [7, 11) is -2.21. The molecule has 0 saturated heterocycles. The van der Waals surface area contributed by atoms with E-state index in [9.17, 15) is 35.3 Å². The van der Waals surface area contributed by atoms with E-state index in [0.29, 0.717) is 0 Å². The quantitative estimate of drug-likeness (QED) is 0.206. The van der Waals surface area contributed by atoms with Gasteiger partial charge in [0.1, 0.15) is 5.75 Å². The number of halogens is 6. The van der Waals surface area contributed by atoms with Crippen LogP contribution in [0.3, 0.4) is 0 Å². The number of benzene rings is 2. The fraction of sp³-hybridized carbons (Fsp3) is 0.480. The Morgan fingerprint density at radius 1 is 0.917 bits per heavy atom. The van der Waals surface area contributed by atoms with E-state index in [4.69, 9.17) is 4.74 Å². The van der Waals surface area contributed by atoms with E-state index in [1.807, 2.05) is 0 Å². The Bertz CT molecular complexity index is 1040. The lowest BCUT2D eigenvalue weighted by Crippen LogP contribution is -2.58. The molecule has 0 spiro atoms. The highest BCUT2D eigenvalue weighted by Crippen LogP contribution is 2.44. The van der Waals surface area contributed by atoms with Gasteiger partial charge in [-0.25, -0.2) is 8.93 Å². The van der Waals surface area contributed by atoms with E-state index in [1.165, 1.54) is 45.0 Å². The van der Waals surface area contributed by atoms with E-state index >= 15 is 0 Å². The first-order chi connectivity index (χ1) is 16.4. The second kappa shape index (κ2) is 11.3. The zero-order chi connectivity index (χ0) is 27.4. The highest BCUT2D eigenvalue weighted by atomic mass is 32.2. The number of nitrogens with one attached hydrogen (secondary N) is 1. The third kappa shape index (κ3) is 8.06. The van der Waals surface area contributed by atoms with Crippen LogP contribution in [0.2, 0.25) is 0 Å². The molecule has 0 aliphatic heterocycles. The molecule has 1 N–H and O–H groups in total. The van der Waals surface area contributed by atoms with Gasteiger partial charge in [-0.15, -0.1) is 0 Å². The molecule has 0 heterocycles. The van der Waals surface area contributed by atoms with E-state index in [2.05, 4.69) is 4.72 Å². The van der Waals surface area contributed by atoms with E-state index in [-0.39, 0.29) is 29.9 Å². The maximum absolute atomic E-state index is 14.7. The summed E-state index contributed by atoms with van der Waals surface area (Å²) in [4.78, 5) is 13.0. The molecule has 2 atom stereocenters. The maximum atomic E-state index is 14.7. The number of alkyl halides is 6. The van der Waals surface area contributed by atoms with Crippen LogP contribution in [0, 0.1) is 6.92 Å². The molecular weight excluding hydrogens is 508 g/mol. The lowest BCUT2D eigenvalue weighted by molar-refractivity contribution is -0.193. The van der Waals surface area contributed by atoms with E-state index < -0.39 is 52.2 Å². The second-order valence-corrected chi connectivity index (χ2v) is 11.4. The van der Waals surface area contributed by atoms with Crippen molar-refractivity contribution in [1.29, 1.82) is 0 Å². The molecule has 0 amide bonds. The van der Waals surface area contributed by atoms with Crippen LogP contribution in [-0.2, 0) is 16.5 Å². The van der Waals surface area contributed by atoms with Gasteiger partial charge in [0.25, 0.3) is 0 Å². The van der Waals surface area contributed by atoms with Gasteiger partial charge in [-0.05, 0) is 51.8 Å². The minimum absolute atomic E-state index is 0.0683. The van der Waals surface area contributed by atoms with Crippen molar-refractivity contribution in [1.82, 2.24) is 4.72 Å². The fourth-order valence-corrected chi connectivity index (χ4v) is 4.14. The molecule has 0 radical (unpaired) electrons. The maximum Gasteiger partial charge on any atom is 0.412 e. The first-order valence-corrected chi connectivity index (χ1v) is 12.3. The van der Waals surface area contributed by atoms with Crippen LogP contribution in [0.4, 0.5) is 26.3 Å². The number of Topliss-reactive ketones (excluding diaryl/α,β-unsaturated/α-hetero) is 1. The van der Waals surface area contributed by atoms with Crippen LogP contribution in [0.1, 0.15) is 61.5 Å². The smallest absolute Gasteiger partial charge is 0.412 e. The number of ether oxygens (including phenoxy) is 1. The van der Waals surface area contributed by atoms with Gasteiger partial charge in [0.2, 0.25) is 0 Å². The van der Waals surface area contributed by atoms with Gasteiger partial charge in [0, 0.05) is 18.4 Å². The highest BCUT2D eigenvalue weighted by Gasteiger charge is 2.58. The first kappa shape index (κ1) is 29.8. The number of ketones is 1. The van der Waals surface area contributed by atoms with E-state index in [0.717, 1.165) is 17.7 Å². The van der Waals surface area contributed by atoms with Crippen molar-refractivity contribution in [3.8, 4) is 5.75 Å². The largest absolute Gasteiger partial charge is 0.494 e. The van der Waals surface area contributed by atoms with Crippen LogP contribution in [-0.4, -0.2) is 33.7 Å². The number of aryl methyl sites for hydroxylation is 1. The molecule has 2 aromatic carbocycles. The van der Waals surface area contributed by atoms with Crippen LogP contribution >= 0.6 is 0 Å². The van der Waals surface area contributed by atoms with Crippen molar-refractivity contribution in [2.24, 2.45) is 0 Å². The van der Waals surface area contributed by atoms with Gasteiger partial charge >= 0.3 is 12.4 Å². The molecule has 0 aliphatic rings. The molecule has 2 unspecified atom stereocenters. The van der Waals surface area contributed by atoms with Gasteiger partial charge in [-0.1, -0.05) is 42.0 Å². The van der Waals surface area contributed by atoms with Crippen LogP contribution in [0.15, 0.2) is 48.5 Å². The summed E-state index contributed by atoms with van der Waals surface area (Å²) in [6.07, 6.45) is -11.8. The molecule has 200 valence electrons. The molecule has 11 heteroatoms. The van der Waals surface area contributed by atoms with Gasteiger partial charge in [-0.3, -0.25) is 4.79 Å². The summed E-state index contributed by atoms with van der Waals surface area (Å²) in [6, 6.07) is 10.6. The van der Waals surface area contributed by atoms with Gasteiger partial charge in [0.05, 0.1) is 22.3 Å². The molecular formula is C25H29F6NO3S. The molecule has 2 rings (SSSR count). The molecule has 36 heavy (non-hydrogen) atoms. The molecule has 0 saturated carbocycles. The van der Waals surface area contributed by atoms with Crippen molar-refractivity contribution in [2.75, 3.05) is 6.61 Å². The lowest BCUT2D eigenvalue weighted by Gasteiger charge is -2.38. The fourth-order valence-electron chi connectivity index (χ4n) is 3.21. The zero-order valence-corrected chi connectivity index (χ0v) is 21.2. The number of rotatable bonds is 10. The van der Waals surface area contributed by atoms with Crippen molar-refractivity contribution in [2.45, 2.75) is 69.6 Å². The Labute approximate surface area is 209 Å². The average Bonchev–Trinajstić information content (AvgIpc) is 2.75. The normalized spacial score (nSPS) is 15.3. The highest BCUT2D eigenvalue weighted by molar-refractivity contribution is 7.84. The van der Waals surface area contributed by atoms with Crippen molar-refractivity contribution in [3.05, 3.63) is 65.2 Å². The second-order valence-electron chi connectivity index (χ2n) is 9.44. The standard InChI is InChI=1S/C25H29F6NO3S/c1-17-6-8-18(9-7-17)21(33)16-23(25(29,30)31,32-36(34)22(2,3)4)19-10-12-20(13-11-19)35-15-5-14-24(26,27)28/h6-13,32H,5,14-16H2,1-4H3. The first-order valence-electron chi connectivity index (χ1n) is 11.1. The number of carbonyl (C=O) groups is 1. The molecule has 0 aliphatic carbocycles. The third-order valence-corrected chi connectivity index (χ3v) is 6.97. The van der Waals surface area contributed by atoms with E-state index in [1.54, 1.807) is 19.1 Å². The molecule has 2 aromatic rings. The van der Waals surface area contributed by atoms with Crippen LogP contribution < -0.4 is 9.46 Å². The van der Waals surface area contributed by atoms with Crippen molar-refractivity contribution in [3.63, 3.8) is 0 Å². The van der Waals surface area contributed by atoms with Gasteiger partial charge in [0.15, 0.2) is 11.3 Å². The van der Waals surface area contributed by atoms with Gasteiger partial charge < -0.3 is 4.74 Å². The summed E-state index contributed by atoms with van der Waals surface area (Å²) in [5, 5.41) is 0. The summed E-state index contributed by atoms with van der Waals surface area (Å²) < 4.78 is 100. The minimum atomic E-state index is -5.04. The van der Waals surface area contributed by atoms with Crippen molar-refractivity contribution >= 4 is 16.8 Å². The van der Waals surface area contributed by atoms with Crippen LogP contribution in [0.25, 0.3) is 0 Å². The lowest BCUT2D eigenvalue weighted by atomic mass is 9.83. The Morgan fingerprint density at radius 3 is 1.94 bits per heavy atom. The predicted molar refractivity (Wildman–Crippen MR) is 126 cm³/mol. The predicted octanol–water partition coefficient (Wildman–Crippen LogP) is 6.80. The SMILES string of the molecule is Cc1ccc(C(=O)CC(NS(=O)C(C)(C)C)(c2ccc(OCCCC(F)(F)F)cc2)C(F)(F)F)cc1. The molecule has 0 fully saturated rings.